The first-order valence-corrected chi connectivity index (χ1v) is 7.27. The van der Waals surface area contributed by atoms with Gasteiger partial charge in [-0.05, 0) is 25.2 Å². The largest absolute Gasteiger partial charge is 0.480 e. The standard InChI is InChI=1S/C14H26N2O3/c1-3-12(11-7-5-4-6-8-11)15-9-13(14(18)19)16-10(2)17/h11-13,15H,3-9H2,1-2H3,(H,16,17)(H,18,19). The highest BCUT2D eigenvalue weighted by Crippen LogP contribution is 2.27. The van der Waals surface area contributed by atoms with Crippen molar-refractivity contribution < 1.29 is 14.7 Å². The van der Waals surface area contributed by atoms with Crippen LogP contribution in [0, 0.1) is 5.92 Å². The average Bonchev–Trinajstić information content (AvgIpc) is 2.38. The Morgan fingerprint density at radius 3 is 2.37 bits per heavy atom. The van der Waals surface area contributed by atoms with Crippen LogP contribution in [0.1, 0.15) is 52.4 Å². The van der Waals surface area contributed by atoms with Crippen molar-refractivity contribution in [1.82, 2.24) is 10.6 Å². The Hall–Kier alpha value is -1.10. The van der Waals surface area contributed by atoms with Gasteiger partial charge < -0.3 is 15.7 Å². The summed E-state index contributed by atoms with van der Waals surface area (Å²) < 4.78 is 0. The molecular weight excluding hydrogens is 244 g/mol. The number of nitrogens with one attached hydrogen (secondary N) is 2. The minimum absolute atomic E-state index is 0.296. The van der Waals surface area contributed by atoms with Gasteiger partial charge in [-0.3, -0.25) is 4.79 Å². The minimum Gasteiger partial charge on any atom is -0.480 e. The van der Waals surface area contributed by atoms with Crippen LogP contribution < -0.4 is 10.6 Å². The van der Waals surface area contributed by atoms with Gasteiger partial charge >= 0.3 is 5.97 Å². The zero-order chi connectivity index (χ0) is 14.3. The van der Waals surface area contributed by atoms with Crippen LogP contribution in [0.2, 0.25) is 0 Å². The fourth-order valence-corrected chi connectivity index (χ4v) is 2.90. The monoisotopic (exact) mass is 270 g/mol. The summed E-state index contributed by atoms with van der Waals surface area (Å²) in [5.74, 6) is -0.647. The maximum atomic E-state index is 11.1. The van der Waals surface area contributed by atoms with E-state index in [2.05, 4.69) is 17.6 Å². The molecule has 0 radical (unpaired) electrons. The molecule has 5 nitrogen and oxygen atoms in total. The summed E-state index contributed by atoms with van der Waals surface area (Å²) in [7, 11) is 0. The third kappa shape index (κ3) is 5.59. The van der Waals surface area contributed by atoms with E-state index in [-0.39, 0.29) is 5.91 Å². The van der Waals surface area contributed by atoms with Gasteiger partial charge in [0.15, 0.2) is 0 Å². The Morgan fingerprint density at radius 2 is 1.89 bits per heavy atom. The Bertz CT molecular complexity index is 301. The molecule has 1 amide bonds. The van der Waals surface area contributed by atoms with Crippen LogP contribution in [0.15, 0.2) is 0 Å². The topological polar surface area (TPSA) is 78.4 Å². The number of hydrogen-bond acceptors (Lipinski definition) is 3. The number of carboxylic acids is 1. The van der Waals surface area contributed by atoms with Gasteiger partial charge in [0.1, 0.15) is 6.04 Å². The molecule has 5 heteroatoms. The summed E-state index contributed by atoms with van der Waals surface area (Å²) in [6.45, 7) is 3.76. The Balaban J connectivity index is 2.45. The van der Waals surface area contributed by atoms with Crippen molar-refractivity contribution >= 4 is 11.9 Å². The van der Waals surface area contributed by atoms with Crippen molar-refractivity contribution in [3.05, 3.63) is 0 Å². The molecule has 3 N–H and O–H groups in total. The first-order chi connectivity index (χ1) is 9.04. The molecule has 110 valence electrons. The highest BCUT2D eigenvalue weighted by Gasteiger charge is 2.24. The molecule has 1 rings (SSSR count). The number of carboxylic acid groups (broad SMARTS) is 1. The summed E-state index contributed by atoms with van der Waals surface area (Å²) in [6.07, 6.45) is 7.31. The second-order valence-corrected chi connectivity index (χ2v) is 5.41. The van der Waals surface area contributed by atoms with Crippen molar-refractivity contribution in [3.63, 3.8) is 0 Å². The van der Waals surface area contributed by atoms with Gasteiger partial charge in [0, 0.05) is 19.5 Å². The average molecular weight is 270 g/mol. The van der Waals surface area contributed by atoms with Gasteiger partial charge in [-0.1, -0.05) is 26.2 Å². The van der Waals surface area contributed by atoms with E-state index in [1.54, 1.807) is 0 Å². The van der Waals surface area contributed by atoms with Crippen molar-refractivity contribution in [2.24, 2.45) is 5.92 Å². The van der Waals surface area contributed by atoms with E-state index >= 15 is 0 Å². The molecule has 0 aromatic rings. The van der Waals surface area contributed by atoms with Crippen molar-refractivity contribution in [2.75, 3.05) is 6.54 Å². The normalized spacial score (nSPS) is 19.7. The first kappa shape index (κ1) is 16.0. The zero-order valence-electron chi connectivity index (χ0n) is 11.9. The van der Waals surface area contributed by atoms with Gasteiger partial charge in [-0.2, -0.15) is 0 Å². The molecule has 0 heterocycles. The number of amides is 1. The lowest BCUT2D eigenvalue weighted by Crippen LogP contribution is -2.50. The molecular formula is C14H26N2O3. The lowest BCUT2D eigenvalue weighted by atomic mass is 9.83. The molecule has 0 saturated heterocycles. The summed E-state index contributed by atoms with van der Waals surface area (Å²) in [6, 6.07) is -0.481. The van der Waals surface area contributed by atoms with E-state index in [1.165, 1.54) is 39.0 Å². The molecule has 1 aliphatic carbocycles. The smallest absolute Gasteiger partial charge is 0.327 e. The van der Waals surface area contributed by atoms with Crippen LogP contribution in [0.4, 0.5) is 0 Å². The second-order valence-electron chi connectivity index (χ2n) is 5.41. The van der Waals surface area contributed by atoms with E-state index in [9.17, 15) is 9.59 Å². The van der Waals surface area contributed by atoms with E-state index in [4.69, 9.17) is 5.11 Å². The lowest BCUT2D eigenvalue weighted by molar-refractivity contribution is -0.141. The SMILES string of the molecule is CCC(NCC(NC(C)=O)C(=O)O)C1CCCCC1. The predicted molar refractivity (Wildman–Crippen MR) is 73.9 cm³/mol. The second kappa shape index (κ2) is 8.15. The molecule has 0 aromatic carbocycles. The number of carbonyl (C=O) groups is 2. The van der Waals surface area contributed by atoms with E-state index < -0.39 is 12.0 Å². The number of rotatable bonds is 7. The van der Waals surface area contributed by atoms with Crippen LogP contribution in [0.5, 0.6) is 0 Å². The summed E-state index contributed by atoms with van der Waals surface area (Å²) in [4.78, 5) is 22.0. The molecule has 1 aliphatic rings. The minimum atomic E-state index is -0.985. The number of hydrogen-bond donors (Lipinski definition) is 3. The molecule has 0 bridgehead atoms. The van der Waals surface area contributed by atoms with Crippen molar-refractivity contribution in [1.29, 1.82) is 0 Å². The number of aliphatic carboxylic acids is 1. The molecule has 0 aliphatic heterocycles. The highest BCUT2D eigenvalue weighted by molar-refractivity contribution is 5.82. The number of carbonyl (C=O) groups excluding carboxylic acids is 1. The molecule has 0 aromatic heterocycles. The Morgan fingerprint density at radius 1 is 1.26 bits per heavy atom. The molecule has 1 saturated carbocycles. The molecule has 2 atom stereocenters. The van der Waals surface area contributed by atoms with E-state index in [0.29, 0.717) is 18.5 Å². The van der Waals surface area contributed by atoms with Crippen LogP contribution >= 0.6 is 0 Å². The zero-order valence-corrected chi connectivity index (χ0v) is 11.9. The van der Waals surface area contributed by atoms with Crippen LogP contribution in [-0.4, -0.2) is 35.6 Å². The maximum absolute atomic E-state index is 11.1. The van der Waals surface area contributed by atoms with Crippen LogP contribution in [0.25, 0.3) is 0 Å². The van der Waals surface area contributed by atoms with Gasteiger partial charge in [0.2, 0.25) is 5.91 Å². The first-order valence-electron chi connectivity index (χ1n) is 7.27. The highest BCUT2D eigenvalue weighted by atomic mass is 16.4. The fourth-order valence-electron chi connectivity index (χ4n) is 2.90. The van der Waals surface area contributed by atoms with Crippen LogP contribution in [0.3, 0.4) is 0 Å². The quantitative estimate of drug-likeness (QED) is 0.655. The summed E-state index contributed by atoms with van der Waals surface area (Å²) in [5.41, 5.74) is 0. The van der Waals surface area contributed by atoms with E-state index in [1.807, 2.05) is 0 Å². The third-order valence-corrected chi connectivity index (χ3v) is 3.92. The predicted octanol–water partition coefficient (Wildman–Crippen LogP) is 1.52. The third-order valence-electron chi connectivity index (χ3n) is 3.92. The molecule has 0 spiro atoms. The van der Waals surface area contributed by atoms with E-state index in [0.717, 1.165) is 6.42 Å². The fraction of sp³-hybridized carbons (Fsp3) is 0.857. The van der Waals surface area contributed by atoms with Crippen molar-refractivity contribution in [2.45, 2.75) is 64.5 Å². The summed E-state index contributed by atoms with van der Waals surface area (Å²) in [5, 5.41) is 14.9. The van der Waals surface area contributed by atoms with Crippen LogP contribution in [-0.2, 0) is 9.59 Å². The molecule has 1 fully saturated rings. The van der Waals surface area contributed by atoms with Gasteiger partial charge in [0.05, 0.1) is 0 Å². The van der Waals surface area contributed by atoms with Gasteiger partial charge in [-0.25, -0.2) is 4.79 Å². The Labute approximate surface area is 115 Å². The van der Waals surface area contributed by atoms with Gasteiger partial charge in [0.25, 0.3) is 0 Å². The lowest BCUT2D eigenvalue weighted by Gasteiger charge is -2.31. The summed E-state index contributed by atoms with van der Waals surface area (Å²) >= 11 is 0. The Kier molecular flexibility index (Phi) is 6.84. The molecule has 19 heavy (non-hydrogen) atoms. The van der Waals surface area contributed by atoms with Gasteiger partial charge in [-0.15, -0.1) is 0 Å². The maximum Gasteiger partial charge on any atom is 0.327 e. The molecule has 2 unspecified atom stereocenters. The van der Waals surface area contributed by atoms with Crippen molar-refractivity contribution in [3.8, 4) is 0 Å².